The van der Waals surface area contributed by atoms with Gasteiger partial charge in [-0.3, -0.25) is 0 Å². The Labute approximate surface area is 183 Å². The second-order valence-corrected chi connectivity index (χ2v) is 8.12. The van der Waals surface area contributed by atoms with Crippen LogP contribution in [0.25, 0.3) is 11.4 Å². The summed E-state index contributed by atoms with van der Waals surface area (Å²) in [6, 6.07) is 14.2. The van der Waals surface area contributed by atoms with Crippen LogP contribution in [0.4, 0.5) is 4.39 Å². The molecule has 1 aliphatic rings. The number of rotatable bonds is 7. The van der Waals surface area contributed by atoms with Crippen LogP contribution in [-0.2, 0) is 18.6 Å². The molecule has 2 aromatic heterocycles. The van der Waals surface area contributed by atoms with Gasteiger partial charge < -0.3 is 4.74 Å². The summed E-state index contributed by atoms with van der Waals surface area (Å²) in [5, 5.41) is 17.8. The lowest BCUT2D eigenvalue weighted by atomic mass is 10.2. The number of thioether (sulfide) groups is 1. The van der Waals surface area contributed by atoms with Crippen molar-refractivity contribution < 1.29 is 9.13 Å². The zero-order chi connectivity index (χ0) is 21.2. The molecular formula is C22H21FN6OS. The van der Waals surface area contributed by atoms with E-state index in [1.165, 1.54) is 23.4 Å². The number of hydrogen-bond acceptors (Lipinski definition) is 6. The molecule has 0 amide bonds. The quantitative estimate of drug-likeness (QED) is 0.405. The van der Waals surface area contributed by atoms with Gasteiger partial charge in [0.1, 0.15) is 17.3 Å². The van der Waals surface area contributed by atoms with Crippen molar-refractivity contribution >= 4 is 11.8 Å². The molecule has 4 aromatic rings. The highest BCUT2D eigenvalue weighted by molar-refractivity contribution is 7.98. The fourth-order valence-electron chi connectivity index (χ4n) is 3.89. The average Bonchev–Trinajstić information content (AvgIpc) is 3.51. The van der Waals surface area contributed by atoms with E-state index in [1.54, 1.807) is 28.6 Å². The van der Waals surface area contributed by atoms with Gasteiger partial charge in [0.05, 0.1) is 18.0 Å². The predicted molar refractivity (Wildman–Crippen MR) is 115 cm³/mol. The van der Waals surface area contributed by atoms with Gasteiger partial charge >= 0.3 is 0 Å². The van der Waals surface area contributed by atoms with Gasteiger partial charge in [-0.25, -0.2) is 9.07 Å². The van der Waals surface area contributed by atoms with Crippen LogP contribution in [0.3, 0.4) is 0 Å². The third kappa shape index (κ3) is 3.81. The molecule has 2 aromatic carbocycles. The molecule has 9 heteroatoms. The normalized spacial score (nSPS) is 12.8. The standard InChI is InChI=1S/C22H21FN6OS/c1-2-30-21-9-4-3-7-20(21)29-22(24-26-27-29)31-14-18-17-6-5-8-19(17)28(25-18)16-12-10-15(23)11-13-16/h3-4,7,9-13H,2,5-6,8,14H2,1H3. The molecule has 0 radical (unpaired) electrons. The van der Waals surface area contributed by atoms with Crippen LogP contribution in [0.5, 0.6) is 5.75 Å². The fraction of sp³-hybridized carbons (Fsp3) is 0.273. The van der Waals surface area contributed by atoms with Crippen LogP contribution in [0, 0.1) is 5.82 Å². The number of halogens is 1. The van der Waals surface area contributed by atoms with E-state index in [1.807, 2.05) is 35.9 Å². The van der Waals surface area contributed by atoms with E-state index >= 15 is 0 Å². The van der Waals surface area contributed by atoms with E-state index in [0.717, 1.165) is 42.1 Å². The smallest absolute Gasteiger partial charge is 0.214 e. The van der Waals surface area contributed by atoms with Crippen molar-refractivity contribution in [3.63, 3.8) is 0 Å². The molecule has 0 saturated carbocycles. The molecule has 2 heterocycles. The molecule has 158 valence electrons. The van der Waals surface area contributed by atoms with Gasteiger partial charge in [-0.1, -0.05) is 23.9 Å². The summed E-state index contributed by atoms with van der Waals surface area (Å²) < 4.78 is 22.7. The SMILES string of the molecule is CCOc1ccccc1-n1nnnc1SCc1nn(-c2ccc(F)cc2)c2c1CCC2. The molecule has 0 N–H and O–H groups in total. The molecular weight excluding hydrogens is 415 g/mol. The zero-order valence-corrected chi connectivity index (χ0v) is 17.8. The van der Waals surface area contributed by atoms with E-state index in [2.05, 4.69) is 15.5 Å². The Bertz CT molecular complexity index is 1200. The number of fused-ring (bicyclic) bond motifs is 1. The number of ether oxygens (including phenoxy) is 1. The van der Waals surface area contributed by atoms with Gasteiger partial charge in [-0.15, -0.1) is 5.10 Å². The van der Waals surface area contributed by atoms with Gasteiger partial charge in [0, 0.05) is 11.4 Å². The second-order valence-electron chi connectivity index (χ2n) is 7.18. The lowest BCUT2D eigenvalue weighted by Crippen LogP contribution is -2.04. The van der Waals surface area contributed by atoms with Crippen molar-refractivity contribution in [2.24, 2.45) is 0 Å². The first kappa shape index (κ1) is 19.7. The zero-order valence-electron chi connectivity index (χ0n) is 17.0. The molecule has 0 atom stereocenters. The van der Waals surface area contributed by atoms with Crippen molar-refractivity contribution in [2.75, 3.05) is 6.61 Å². The monoisotopic (exact) mass is 436 g/mol. The van der Waals surface area contributed by atoms with Crippen molar-refractivity contribution in [1.29, 1.82) is 0 Å². The minimum absolute atomic E-state index is 0.248. The van der Waals surface area contributed by atoms with Gasteiger partial charge in [-0.05, 0) is 78.6 Å². The van der Waals surface area contributed by atoms with Gasteiger partial charge in [-0.2, -0.15) is 9.78 Å². The van der Waals surface area contributed by atoms with E-state index in [9.17, 15) is 4.39 Å². The van der Waals surface area contributed by atoms with E-state index in [-0.39, 0.29) is 5.82 Å². The summed E-state index contributed by atoms with van der Waals surface area (Å²) in [6.07, 6.45) is 3.08. The Kier molecular flexibility index (Phi) is 5.42. The molecule has 5 rings (SSSR count). The third-order valence-electron chi connectivity index (χ3n) is 5.26. The maximum absolute atomic E-state index is 13.4. The predicted octanol–water partition coefficient (Wildman–Crippen LogP) is 4.17. The summed E-state index contributed by atoms with van der Waals surface area (Å²) in [7, 11) is 0. The number of tetrazole rings is 1. The second kappa shape index (κ2) is 8.50. The molecule has 0 unspecified atom stereocenters. The van der Waals surface area contributed by atoms with Crippen molar-refractivity contribution in [2.45, 2.75) is 37.1 Å². The van der Waals surface area contributed by atoms with Crippen molar-refractivity contribution in [3.05, 3.63) is 71.3 Å². The lowest BCUT2D eigenvalue weighted by Gasteiger charge is -2.10. The number of para-hydroxylation sites is 2. The molecule has 0 saturated heterocycles. The minimum atomic E-state index is -0.248. The van der Waals surface area contributed by atoms with Crippen LogP contribution >= 0.6 is 11.8 Å². The van der Waals surface area contributed by atoms with Crippen LogP contribution < -0.4 is 4.74 Å². The summed E-state index contributed by atoms with van der Waals surface area (Å²) in [5.41, 5.74) is 5.20. The van der Waals surface area contributed by atoms with E-state index in [0.29, 0.717) is 17.5 Å². The van der Waals surface area contributed by atoms with Gasteiger partial charge in [0.2, 0.25) is 5.16 Å². The Morgan fingerprint density at radius 2 is 1.90 bits per heavy atom. The van der Waals surface area contributed by atoms with Crippen LogP contribution in [0.1, 0.15) is 30.3 Å². The molecule has 0 fully saturated rings. The number of aromatic nitrogens is 6. The highest BCUT2D eigenvalue weighted by Crippen LogP contribution is 2.32. The summed E-state index contributed by atoms with van der Waals surface area (Å²) in [4.78, 5) is 0. The van der Waals surface area contributed by atoms with Crippen molar-refractivity contribution in [3.8, 4) is 17.1 Å². The maximum atomic E-state index is 13.4. The summed E-state index contributed by atoms with van der Waals surface area (Å²) in [6.45, 7) is 2.51. The molecule has 0 bridgehead atoms. The topological polar surface area (TPSA) is 70.7 Å². The van der Waals surface area contributed by atoms with Gasteiger partial charge in [0.15, 0.2) is 0 Å². The summed E-state index contributed by atoms with van der Waals surface area (Å²) >= 11 is 1.54. The van der Waals surface area contributed by atoms with Crippen LogP contribution in [0.15, 0.2) is 53.7 Å². The average molecular weight is 437 g/mol. The first-order valence-electron chi connectivity index (χ1n) is 10.2. The number of benzene rings is 2. The van der Waals surface area contributed by atoms with E-state index in [4.69, 9.17) is 9.84 Å². The summed E-state index contributed by atoms with van der Waals surface area (Å²) in [5.74, 6) is 1.14. The highest BCUT2D eigenvalue weighted by Gasteiger charge is 2.24. The molecule has 7 nitrogen and oxygen atoms in total. The minimum Gasteiger partial charge on any atom is -0.492 e. The Morgan fingerprint density at radius 3 is 2.74 bits per heavy atom. The Balaban J connectivity index is 1.42. The molecule has 0 spiro atoms. The maximum Gasteiger partial charge on any atom is 0.214 e. The number of nitrogens with zero attached hydrogens (tertiary/aromatic N) is 6. The fourth-order valence-corrected chi connectivity index (χ4v) is 4.74. The Hall–Kier alpha value is -3.20. The van der Waals surface area contributed by atoms with E-state index < -0.39 is 0 Å². The largest absolute Gasteiger partial charge is 0.492 e. The third-order valence-corrected chi connectivity index (χ3v) is 6.19. The van der Waals surface area contributed by atoms with Crippen LogP contribution in [-0.4, -0.2) is 36.6 Å². The van der Waals surface area contributed by atoms with Crippen LogP contribution in [0.2, 0.25) is 0 Å². The Morgan fingerprint density at radius 1 is 1.06 bits per heavy atom. The van der Waals surface area contributed by atoms with Gasteiger partial charge in [0.25, 0.3) is 0 Å². The molecule has 1 aliphatic carbocycles. The first-order valence-corrected chi connectivity index (χ1v) is 11.2. The number of hydrogen-bond donors (Lipinski definition) is 0. The molecule has 31 heavy (non-hydrogen) atoms. The highest BCUT2D eigenvalue weighted by atomic mass is 32.2. The first-order chi connectivity index (χ1) is 15.2. The lowest BCUT2D eigenvalue weighted by molar-refractivity contribution is 0.337. The molecule has 0 aliphatic heterocycles. The van der Waals surface area contributed by atoms with Crippen molar-refractivity contribution in [1.82, 2.24) is 30.0 Å².